The van der Waals surface area contributed by atoms with Crippen LogP contribution < -0.4 is 5.56 Å². The van der Waals surface area contributed by atoms with Crippen LogP contribution >= 0.6 is 27.7 Å². The molecule has 0 saturated heterocycles. The lowest BCUT2D eigenvalue weighted by atomic mass is 10.2. The van der Waals surface area contributed by atoms with Crippen molar-refractivity contribution in [2.75, 3.05) is 5.75 Å². The molecule has 0 fully saturated rings. The van der Waals surface area contributed by atoms with E-state index in [1.54, 1.807) is 18.0 Å². The highest BCUT2D eigenvalue weighted by Crippen LogP contribution is 2.27. The summed E-state index contributed by atoms with van der Waals surface area (Å²) in [6.45, 7) is 4.02. The van der Waals surface area contributed by atoms with Crippen LogP contribution in [-0.4, -0.2) is 29.7 Å². The Morgan fingerprint density at radius 3 is 2.92 bits per heavy atom. The highest BCUT2D eigenvalue weighted by Gasteiger charge is 2.17. The molecule has 0 bridgehead atoms. The molecule has 4 aromatic rings. The SMILES string of the molecule is CCSc1c(-n2cnc3ccc(C)cc3c2=O)nc2ncc(Br)cn12. The molecule has 0 aliphatic heterocycles. The van der Waals surface area contributed by atoms with E-state index < -0.39 is 0 Å². The molecular formula is C17H14BrN5OS. The summed E-state index contributed by atoms with van der Waals surface area (Å²) in [4.78, 5) is 26.3. The van der Waals surface area contributed by atoms with Gasteiger partial charge in [0.1, 0.15) is 11.4 Å². The van der Waals surface area contributed by atoms with Crippen molar-refractivity contribution in [3.8, 4) is 5.82 Å². The van der Waals surface area contributed by atoms with E-state index in [1.807, 2.05) is 35.7 Å². The van der Waals surface area contributed by atoms with Crippen LogP contribution in [0.3, 0.4) is 0 Å². The number of hydrogen-bond acceptors (Lipinski definition) is 5. The van der Waals surface area contributed by atoms with Crippen LogP contribution in [0.25, 0.3) is 22.5 Å². The van der Waals surface area contributed by atoms with Gasteiger partial charge in [-0.15, -0.1) is 11.8 Å². The second kappa shape index (κ2) is 6.27. The van der Waals surface area contributed by atoms with Gasteiger partial charge in [0.15, 0.2) is 5.82 Å². The molecule has 0 saturated carbocycles. The molecule has 6 nitrogen and oxygen atoms in total. The van der Waals surface area contributed by atoms with Crippen LogP contribution in [0.5, 0.6) is 0 Å². The van der Waals surface area contributed by atoms with Crippen LogP contribution in [0, 0.1) is 6.92 Å². The van der Waals surface area contributed by atoms with Crippen molar-refractivity contribution >= 4 is 44.4 Å². The molecule has 0 aliphatic carbocycles. The fraction of sp³-hybridized carbons (Fsp3) is 0.176. The molecule has 0 atom stereocenters. The van der Waals surface area contributed by atoms with Crippen molar-refractivity contribution in [2.45, 2.75) is 18.9 Å². The summed E-state index contributed by atoms with van der Waals surface area (Å²) < 4.78 is 4.24. The van der Waals surface area contributed by atoms with Crippen molar-refractivity contribution in [2.24, 2.45) is 0 Å². The summed E-state index contributed by atoms with van der Waals surface area (Å²) in [7, 11) is 0. The molecule has 4 rings (SSSR count). The van der Waals surface area contributed by atoms with Crippen LogP contribution in [-0.2, 0) is 0 Å². The smallest absolute Gasteiger partial charge is 0.267 e. The van der Waals surface area contributed by atoms with E-state index in [1.165, 1.54) is 10.9 Å². The normalized spacial score (nSPS) is 11.5. The molecule has 1 aromatic carbocycles. The molecule has 0 amide bonds. The Kier molecular flexibility index (Phi) is 4.09. The van der Waals surface area contributed by atoms with Crippen LogP contribution in [0.2, 0.25) is 0 Å². The fourth-order valence-corrected chi connectivity index (χ4v) is 3.82. The number of aryl methyl sites for hydroxylation is 1. The number of rotatable bonds is 3. The number of hydrogen-bond donors (Lipinski definition) is 0. The zero-order chi connectivity index (χ0) is 17.6. The van der Waals surface area contributed by atoms with Gasteiger partial charge >= 0.3 is 0 Å². The molecule has 3 aromatic heterocycles. The van der Waals surface area contributed by atoms with E-state index in [0.717, 1.165) is 20.8 Å². The first kappa shape index (κ1) is 16.3. The van der Waals surface area contributed by atoms with Gasteiger partial charge < -0.3 is 0 Å². The molecule has 0 spiro atoms. The van der Waals surface area contributed by atoms with Gasteiger partial charge in [-0.05, 0) is 40.7 Å². The molecule has 8 heteroatoms. The van der Waals surface area contributed by atoms with E-state index in [4.69, 9.17) is 0 Å². The minimum atomic E-state index is -0.130. The van der Waals surface area contributed by atoms with Crippen molar-refractivity contribution in [3.63, 3.8) is 0 Å². The number of imidazole rings is 1. The van der Waals surface area contributed by atoms with Gasteiger partial charge in [0.05, 0.1) is 15.4 Å². The minimum absolute atomic E-state index is 0.130. The van der Waals surface area contributed by atoms with E-state index in [2.05, 4.69) is 37.8 Å². The summed E-state index contributed by atoms with van der Waals surface area (Å²) in [5.74, 6) is 1.95. The molecule has 0 aliphatic rings. The van der Waals surface area contributed by atoms with E-state index in [9.17, 15) is 4.79 Å². The zero-order valence-corrected chi connectivity index (χ0v) is 16.0. The molecule has 3 heterocycles. The predicted molar refractivity (Wildman–Crippen MR) is 103 cm³/mol. The zero-order valence-electron chi connectivity index (χ0n) is 13.6. The van der Waals surface area contributed by atoms with Gasteiger partial charge in [0, 0.05) is 12.4 Å². The van der Waals surface area contributed by atoms with Crippen LogP contribution in [0.1, 0.15) is 12.5 Å². The van der Waals surface area contributed by atoms with Crippen molar-refractivity contribution < 1.29 is 0 Å². The van der Waals surface area contributed by atoms with Crippen molar-refractivity contribution in [1.29, 1.82) is 0 Å². The van der Waals surface area contributed by atoms with Gasteiger partial charge in [0.25, 0.3) is 5.56 Å². The maximum Gasteiger partial charge on any atom is 0.267 e. The minimum Gasteiger partial charge on any atom is -0.275 e. The quantitative estimate of drug-likeness (QED) is 0.478. The van der Waals surface area contributed by atoms with Crippen molar-refractivity contribution in [1.82, 2.24) is 23.9 Å². The summed E-state index contributed by atoms with van der Waals surface area (Å²) in [6, 6.07) is 5.67. The average molecular weight is 416 g/mol. The average Bonchev–Trinajstić information content (AvgIpc) is 2.94. The first-order valence-electron chi connectivity index (χ1n) is 7.73. The molecule has 0 N–H and O–H groups in total. The van der Waals surface area contributed by atoms with Gasteiger partial charge in [-0.25, -0.2) is 14.5 Å². The Hall–Kier alpha value is -2.19. The fourth-order valence-electron chi connectivity index (χ4n) is 2.69. The van der Waals surface area contributed by atoms with E-state index in [-0.39, 0.29) is 5.56 Å². The van der Waals surface area contributed by atoms with Gasteiger partial charge in [-0.1, -0.05) is 18.6 Å². The molecule has 0 radical (unpaired) electrons. The second-order valence-corrected chi connectivity index (χ2v) is 7.72. The Labute approximate surface area is 156 Å². The maximum atomic E-state index is 13.0. The lowest BCUT2D eigenvalue weighted by Gasteiger charge is -2.07. The molecular weight excluding hydrogens is 402 g/mol. The molecule has 0 unspecified atom stereocenters. The number of fused-ring (bicyclic) bond motifs is 2. The topological polar surface area (TPSA) is 65.1 Å². The Morgan fingerprint density at radius 2 is 2.12 bits per heavy atom. The van der Waals surface area contributed by atoms with Gasteiger partial charge in [-0.3, -0.25) is 9.20 Å². The summed E-state index contributed by atoms with van der Waals surface area (Å²) in [6.07, 6.45) is 5.13. The first-order valence-corrected chi connectivity index (χ1v) is 9.51. The summed E-state index contributed by atoms with van der Waals surface area (Å²) in [5.41, 5.74) is 1.57. The number of thioether (sulfide) groups is 1. The number of halogens is 1. The van der Waals surface area contributed by atoms with Gasteiger partial charge in [-0.2, -0.15) is 4.98 Å². The lowest BCUT2D eigenvalue weighted by Crippen LogP contribution is -2.20. The van der Waals surface area contributed by atoms with Crippen molar-refractivity contribution in [3.05, 3.63) is 57.3 Å². The number of benzene rings is 1. The van der Waals surface area contributed by atoms with Crippen LogP contribution in [0.15, 0.2) is 51.2 Å². The summed E-state index contributed by atoms with van der Waals surface area (Å²) in [5, 5.41) is 1.45. The maximum absolute atomic E-state index is 13.0. The standard InChI is InChI=1S/C17H14BrN5OS/c1-3-25-16-14(21-17-19-7-11(18)8-22(16)17)23-9-20-13-5-4-10(2)6-12(13)15(23)24/h4-9H,3H2,1-2H3. The first-order chi connectivity index (χ1) is 12.1. The Balaban J connectivity index is 2.04. The third-order valence-electron chi connectivity index (χ3n) is 3.81. The highest BCUT2D eigenvalue weighted by molar-refractivity contribution is 9.10. The van der Waals surface area contributed by atoms with Crippen LogP contribution in [0.4, 0.5) is 0 Å². The lowest BCUT2D eigenvalue weighted by molar-refractivity contribution is 0.891. The van der Waals surface area contributed by atoms with E-state index >= 15 is 0 Å². The number of nitrogens with zero attached hydrogens (tertiary/aromatic N) is 5. The Morgan fingerprint density at radius 1 is 1.28 bits per heavy atom. The largest absolute Gasteiger partial charge is 0.275 e. The summed E-state index contributed by atoms with van der Waals surface area (Å²) >= 11 is 5.05. The predicted octanol–water partition coefficient (Wildman–Crippen LogP) is 3.61. The molecule has 25 heavy (non-hydrogen) atoms. The van der Waals surface area contributed by atoms with E-state index in [0.29, 0.717) is 22.5 Å². The third-order valence-corrected chi connectivity index (χ3v) is 5.16. The third kappa shape index (κ3) is 2.75. The Bertz CT molecular complexity index is 1170. The monoisotopic (exact) mass is 415 g/mol. The van der Waals surface area contributed by atoms with Gasteiger partial charge in [0.2, 0.25) is 5.78 Å². The highest BCUT2D eigenvalue weighted by atomic mass is 79.9. The number of aromatic nitrogens is 5. The second-order valence-electron chi connectivity index (χ2n) is 5.56. The molecule has 126 valence electrons.